The summed E-state index contributed by atoms with van der Waals surface area (Å²) in [6.45, 7) is 2.66. The van der Waals surface area contributed by atoms with Crippen molar-refractivity contribution in [3.63, 3.8) is 0 Å². The van der Waals surface area contributed by atoms with E-state index in [2.05, 4.69) is 4.98 Å². The number of nitrogens with one attached hydrogen (secondary N) is 1. The summed E-state index contributed by atoms with van der Waals surface area (Å²) in [5.41, 5.74) is 1.95. The Labute approximate surface area is 143 Å². The van der Waals surface area contributed by atoms with Gasteiger partial charge in [0.05, 0.1) is 31.2 Å². The van der Waals surface area contributed by atoms with Crippen molar-refractivity contribution in [2.45, 2.75) is 26.5 Å². The average molecular weight is 343 g/mol. The van der Waals surface area contributed by atoms with Crippen molar-refractivity contribution in [3.05, 3.63) is 63.1 Å². The van der Waals surface area contributed by atoms with Crippen LogP contribution in [0.1, 0.15) is 22.6 Å². The molecular formula is C18H18FN3O3. The van der Waals surface area contributed by atoms with Gasteiger partial charge in [-0.25, -0.2) is 9.37 Å². The zero-order valence-corrected chi connectivity index (χ0v) is 13.8. The number of aromatic hydroxyl groups is 1. The molecule has 0 bridgehead atoms. The number of halogens is 1. The van der Waals surface area contributed by atoms with Gasteiger partial charge in [0.1, 0.15) is 5.82 Å². The second-order valence-electron chi connectivity index (χ2n) is 5.85. The summed E-state index contributed by atoms with van der Waals surface area (Å²) in [6, 6.07) is 3.93. The highest BCUT2D eigenvalue weighted by atomic mass is 19.1. The maximum Gasteiger partial charge on any atom is 0.257 e. The Morgan fingerprint density at radius 2 is 2.32 bits per heavy atom. The Balaban J connectivity index is 1.80. The molecule has 25 heavy (non-hydrogen) atoms. The predicted octanol–water partition coefficient (Wildman–Crippen LogP) is 2.20. The van der Waals surface area contributed by atoms with Crippen molar-refractivity contribution >= 4 is 11.8 Å². The van der Waals surface area contributed by atoms with E-state index in [1.165, 1.54) is 22.8 Å². The summed E-state index contributed by atoms with van der Waals surface area (Å²) in [4.78, 5) is 17.0. The molecule has 1 aliphatic rings. The zero-order chi connectivity index (χ0) is 18.0. The monoisotopic (exact) mass is 343 g/mol. The molecule has 6 nitrogen and oxygen atoms in total. The van der Waals surface area contributed by atoms with E-state index in [1.54, 1.807) is 13.0 Å². The van der Waals surface area contributed by atoms with Gasteiger partial charge in [-0.2, -0.15) is 0 Å². The van der Waals surface area contributed by atoms with E-state index >= 15 is 0 Å². The molecule has 0 atom stereocenters. The number of fused-ring (bicyclic) bond motifs is 1. The summed E-state index contributed by atoms with van der Waals surface area (Å²) < 4.78 is 19.8. The molecule has 0 unspecified atom stereocenters. The SMILES string of the molecule is Cc1nc2c(c(=O)n1CC(=N)C=Cc1ccc(F)c(O)c1)CCOC2. The molecule has 1 aromatic heterocycles. The van der Waals surface area contributed by atoms with Crippen molar-refractivity contribution < 1.29 is 14.2 Å². The van der Waals surface area contributed by atoms with Crippen LogP contribution in [-0.2, 0) is 24.3 Å². The highest BCUT2D eigenvalue weighted by Gasteiger charge is 2.18. The van der Waals surface area contributed by atoms with Crippen LogP contribution in [-0.4, -0.2) is 27.0 Å². The van der Waals surface area contributed by atoms with Crippen molar-refractivity contribution in [2.24, 2.45) is 0 Å². The summed E-state index contributed by atoms with van der Waals surface area (Å²) in [5.74, 6) is -0.604. The molecule has 7 heteroatoms. The van der Waals surface area contributed by atoms with E-state index in [0.717, 1.165) is 6.07 Å². The molecule has 0 aliphatic carbocycles. The number of hydrogen-bond donors (Lipinski definition) is 2. The molecule has 1 aliphatic heterocycles. The van der Waals surface area contributed by atoms with Gasteiger partial charge in [-0.3, -0.25) is 9.36 Å². The fourth-order valence-corrected chi connectivity index (χ4v) is 2.71. The number of nitrogens with zero attached hydrogens (tertiary/aromatic N) is 2. The lowest BCUT2D eigenvalue weighted by Gasteiger charge is -2.18. The molecule has 2 aromatic rings. The third kappa shape index (κ3) is 3.66. The molecular weight excluding hydrogens is 325 g/mol. The lowest BCUT2D eigenvalue weighted by Crippen LogP contribution is -2.33. The van der Waals surface area contributed by atoms with E-state index in [-0.39, 0.29) is 17.8 Å². The largest absolute Gasteiger partial charge is 0.505 e. The van der Waals surface area contributed by atoms with Crippen LogP contribution in [0.3, 0.4) is 0 Å². The smallest absolute Gasteiger partial charge is 0.257 e. The molecule has 2 heterocycles. The Morgan fingerprint density at radius 1 is 1.52 bits per heavy atom. The van der Waals surface area contributed by atoms with Gasteiger partial charge in [0, 0.05) is 12.0 Å². The highest BCUT2D eigenvalue weighted by Crippen LogP contribution is 2.17. The van der Waals surface area contributed by atoms with E-state index in [1.807, 2.05) is 0 Å². The number of hydrogen-bond acceptors (Lipinski definition) is 5. The number of benzene rings is 1. The van der Waals surface area contributed by atoms with Gasteiger partial charge < -0.3 is 15.3 Å². The number of ether oxygens (including phenoxy) is 1. The Morgan fingerprint density at radius 3 is 3.08 bits per heavy atom. The first kappa shape index (κ1) is 17.0. The lowest BCUT2D eigenvalue weighted by atomic mass is 10.1. The standard InChI is InChI=1S/C18H18FN3O3/c1-11-21-16-10-25-7-6-14(16)18(24)22(11)9-13(20)4-2-12-3-5-15(19)17(23)8-12/h2-5,8,20,23H,6-7,9-10H2,1H3. The second kappa shape index (κ2) is 6.98. The molecule has 0 radical (unpaired) electrons. The van der Waals surface area contributed by atoms with Crippen molar-refractivity contribution in [3.8, 4) is 5.75 Å². The van der Waals surface area contributed by atoms with Crippen molar-refractivity contribution in [1.29, 1.82) is 5.41 Å². The molecule has 1 aromatic carbocycles. The third-order valence-corrected chi connectivity index (χ3v) is 4.05. The van der Waals surface area contributed by atoms with Crippen LogP contribution in [0.15, 0.2) is 29.1 Å². The Bertz CT molecular complexity index is 919. The van der Waals surface area contributed by atoms with Gasteiger partial charge in [0.25, 0.3) is 5.56 Å². The third-order valence-electron chi connectivity index (χ3n) is 4.05. The van der Waals surface area contributed by atoms with Gasteiger partial charge in [-0.15, -0.1) is 0 Å². The average Bonchev–Trinajstić information content (AvgIpc) is 2.59. The molecule has 130 valence electrons. The minimum atomic E-state index is -0.696. The summed E-state index contributed by atoms with van der Waals surface area (Å²) >= 11 is 0. The van der Waals surface area contributed by atoms with Crippen LogP contribution >= 0.6 is 0 Å². The molecule has 2 N–H and O–H groups in total. The lowest BCUT2D eigenvalue weighted by molar-refractivity contribution is 0.106. The molecule has 0 amide bonds. The number of aryl methyl sites for hydroxylation is 1. The fraction of sp³-hybridized carbons (Fsp3) is 0.278. The van der Waals surface area contributed by atoms with E-state index in [4.69, 9.17) is 10.1 Å². The summed E-state index contributed by atoms with van der Waals surface area (Å²) in [5, 5.41) is 17.4. The minimum absolute atomic E-state index is 0.0927. The van der Waals surface area contributed by atoms with Crippen molar-refractivity contribution in [1.82, 2.24) is 9.55 Å². The van der Waals surface area contributed by atoms with Crippen LogP contribution in [0.5, 0.6) is 5.75 Å². The molecule has 0 fully saturated rings. The first-order chi connectivity index (χ1) is 12.0. The molecule has 0 saturated carbocycles. The van der Waals surface area contributed by atoms with Crippen LogP contribution in [0, 0.1) is 18.2 Å². The topological polar surface area (TPSA) is 88.2 Å². The Kier molecular flexibility index (Phi) is 4.76. The van der Waals surface area contributed by atoms with Crippen LogP contribution in [0.4, 0.5) is 4.39 Å². The molecule has 0 saturated heterocycles. The first-order valence-corrected chi connectivity index (χ1v) is 7.86. The predicted molar refractivity (Wildman–Crippen MR) is 91.4 cm³/mol. The van der Waals surface area contributed by atoms with E-state index in [0.29, 0.717) is 42.3 Å². The summed E-state index contributed by atoms with van der Waals surface area (Å²) in [6.07, 6.45) is 3.63. The number of phenols is 1. The maximum atomic E-state index is 13.0. The van der Waals surface area contributed by atoms with Crippen LogP contribution in [0.25, 0.3) is 6.08 Å². The zero-order valence-electron chi connectivity index (χ0n) is 13.8. The number of allylic oxidation sites excluding steroid dienone is 1. The second-order valence-corrected chi connectivity index (χ2v) is 5.85. The van der Waals surface area contributed by atoms with E-state index < -0.39 is 11.6 Å². The van der Waals surface area contributed by atoms with Gasteiger partial charge in [0.15, 0.2) is 11.6 Å². The minimum Gasteiger partial charge on any atom is -0.505 e. The fourth-order valence-electron chi connectivity index (χ4n) is 2.71. The van der Waals surface area contributed by atoms with Crippen LogP contribution < -0.4 is 5.56 Å². The quantitative estimate of drug-likeness (QED) is 0.833. The van der Waals surface area contributed by atoms with Crippen molar-refractivity contribution in [2.75, 3.05) is 6.61 Å². The molecule has 3 rings (SSSR count). The van der Waals surface area contributed by atoms with Crippen LogP contribution in [0.2, 0.25) is 0 Å². The first-order valence-electron chi connectivity index (χ1n) is 7.86. The van der Waals surface area contributed by atoms with Gasteiger partial charge in [-0.05, 0) is 30.7 Å². The highest BCUT2D eigenvalue weighted by molar-refractivity contribution is 5.95. The number of aromatic nitrogens is 2. The number of rotatable bonds is 4. The maximum absolute atomic E-state index is 13.0. The van der Waals surface area contributed by atoms with Gasteiger partial charge in [0.2, 0.25) is 0 Å². The molecule has 0 spiro atoms. The normalized spacial score (nSPS) is 13.8. The van der Waals surface area contributed by atoms with E-state index in [9.17, 15) is 14.3 Å². The van der Waals surface area contributed by atoms with Gasteiger partial charge in [-0.1, -0.05) is 12.1 Å². The Hall–Kier alpha value is -2.80. The van der Waals surface area contributed by atoms with Gasteiger partial charge >= 0.3 is 0 Å². The summed E-state index contributed by atoms with van der Waals surface area (Å²) in [7, 11) is 0. The number of phenolic OH excluding ortho intramolecular Hbond substituents is 1.